The van der Waals surface area contributed by atoms with Crippen molar-refractivity contribution in [2.45, 2.75) is 39.5 Å². The maximum absolute atomic E-state index is 13.4. The van der Waals surface area contributed by atoms with Crippen molar-refractivity contribution in [1.82, 2.24) is 19.9 Å². The summed E-state index contributed by atoms with van der Waals surface area (Å²) in [6.07, 6.45) is 2.67. The third kappa shape index (κ3) is 6.79. The summed E-state index contributed by atoms with van der Waals surface area (Å²) in [6.45, 7) is 8.75. The van der Waals surface area contributed by atoms with Gasteiger partial charge in [-0.2, -0.15) is 0 Å². The molecule has 8 nitrogen and oxygen atoms in total. The highest BCUT2D eigenvalue weighted by atomic mass is 35.5. The number of aromatic nitrogens is 1. The van der Waals surface area contributed by atoms with Crippen LogP contribution in [0.5, 0.6) is 5.75 Å². The Morgan fingerprint density at radius 3 is 2.64 bits per heavy atom. The van der Waals surface area contributed by atoms with Gasteiger partial charge in [0.05, 0.1) is 12.3 Å². The van der Waals surface area contributed by atoms with Crippen LogP contribution < -0.4 is 4.74 Å². The number of piperidine rings is 1. The smallest absolute Gasteiger partial charge is 0.292 e. The molecule has 2 saturated heterocycles. The van der Waals surface area contributed by atoms with Gasteiger partial charge in [0.1, 0.15) is 5.75 Å². The van der Waals surface area contributed by atoms with Crippen LogP contribution in [0.3, 0.4) is 0 Å². The number of rotatable bonds is 8. The molecule has 0 aliphatic carbocycles. The molecule has 3 heterocycles. The van der Waals surface area contributed by atoms with Gasteiger partial charge in [0, 0.05) is 62.2 Å². The Kier molecular flexibility index (Phi) is 8.57. The number of nitrogens with zero attached hydrogens (tertiary/aromatic N) is 4. The van der Waals surface area contributed by atoms with Crippen molar-refractivity contribution in [2.24, 2.45) is 11.3 Å². The van der Waals surface area contributed by atoms with Gasteiger partial charge < -0.3 is 24.0 Å². The summed E-state index contributed by atoms with van der Waals surface area (Å²) in [5.74, 6) is 1.26. The lowest BCUT2D eigenvalue weighted by Crippen LogP contribution is -2.53. The minimum atomic E-state index is -0.503. The van der Waals surface area contributed by atoms with Gasteiger partial charge in [-0.05, 0) is 50.4 Å². The molecular formula is C27H37ClN4O4. The average Bonchev–Trinajstić information content (AvgIpc) is 3.31. The van der Waals surface area contributed by atoms with Gasteiger partial charge in [-0.3, -0.25) is 9.59 Å². The summed E-state index contributed by atoms with van der Waals surface area (Å²) in [5, 5.41) is 4.68. The van der Waals surface area contributed by atoms with Crippen molar-refractivity contribution in [3.8, 4) is 5.75 Å². The quantitative estimate of drug-likeness (QED) is 0.528. The third-order valence-corrected chi connectivity index (χ3v) is 7.29. The molecule has 2 aliphatic rings. The number of hydrogen-bond acceptors (Lipinski definition) is 6. The van der Waals surface area contributed by atoms with E-state index in [-0.39, 0.29) is 17.6 Å². The number of likely N-dealkylation sites (tertiary alicyclic amines) is 1. The second kappa shape index (κ2) is 11.6. The Labute approximate surface area is 218 Å². The number of carbonyl (C=O) groups excluding carboxylic acids is 2. The van der Waals surface area contributed by atoms with Crippen LogP contribution in [-0.4, -0.2) is 84.6 Å². The van der Waals surface area contributed by atoms with E-state index in [0.29, 0.717) is 42.8 Å². The number of amides is 2. The number of likely N-dealkylation sites (N-methyl/N-ethyl adjacent to an activating group) is 1. The highest BCUT2D eigenvalue weighted by Crippen LogP contribution is 2.36. The molecule has 0 bridgehead atoms. The van der Waals surface area contributed by atoms with Gasteiger partial charge in [0.25, 0.3) is 5.91 Å². The first-order chi connectivity index (χ1) is 17.2. The standard InChI is InChI=1S/C27H37ClN4O4/c1-20(2)14-22-16-24(36-29-22)26(34)32-9-5-8-27(18-32,19-35-23-7-4-6-21(28)15-23)17-25(33)31-12-10-30(3)11-13-31/h4,6-7,15-16,20H,5,8-14,17-19H2,1-3H3/t27-/m0/s1. The number of piperazine rings is 1. The Hall–Kier alpha value is -2.58. The van der Waals surface area contributed by atoms with Crippen LogP contribution in [0.2, 0.25) is 5.02 Å². The summed E-state index contributed by atoms with van der Waals surface area (Å²) >= 11 is 6.15. The zero-order valence-corrected chi connectivity index (χ0v) is 22.3. The minimum Gasteiger partial charge on any atom is -0.493 e. The summed E-state index contributed by atoms with van der Waals surface area (Å²) < 4.78 is 11.6. The molecule has 196 valence electrons. The monoisotopic (exact) mass is 516 g/mol. The molecule has 2 amide bonds. The van der Waals surface area contributed by atoms with Crippen LogP contribution >= 0.6 is 11.6 Å². The normalized spacial score (nSPS) is 21.1. The van der Waals surface area contributed by atoms with E-state index in [2.05, 4.69) is 31.0 Å². The van der Waals surface area contributed by atoms with E-state index in [1.165, 1.54) is 0 Å². The number of halogens is 1. The summed E-state index contributed by atoms with van der Waals surface area (Å²) in [6, 6.07) is 9.02. The molecule has 2 fully saturated rings. The SMILES string of the molecule is CC(C)Cc1cc(C(=O)N2CCC[C@](COc3cccc(Cl)c3)(CC(=O)N3CCN(C)CC3)C2)on1. The first kappa shape index (κ1) is 26.5. The van der Waals surface area contributed by atoms with Gasteiger partial charge in [0.15, 0.2) is 0 Å². The third-order valence-electron chi connectivity index (χ3n) is 7.06. The van der Waals surface area contributed by atoms with E-state index in [1.807, 2.05) is 17.0 Å². The fourth-order valence-corrected chi connectivity index (χ4v) is 5.24. The van der Waals surface area contributed by atoms with Crippen LogP contribution in [0.25, 0.3) is 0 Å². The first-order valence-electron chi connectivity index (χ1n) is 12.8. The molecule has 0 saturated carbocycles. The highest BCUT2D eigenvalue weighted by Gasteiger charge is 2.42. The van der Waals surface area contributed by atoms with Crippen molar-refractivity contribution in [1.29, 1.82) is 0 Å². The largest absolute Gasteiger partial charge is 0.493 e. The molecular weight excluding hydrogens is 480 g/mol. The first-order valence-corrected chi connectivity index (χ1v) is 13.2. The minimum absolute atomic E-state index is 0.117. The summed E-state index contributed by atoms with van der Waals surface area (Å²) in [4.78, 5) is 32.7. The van der Waals surface area contributed by atoms with Crippen molar-refractivity contribution in [3.05, 3.63) is 46.8 Å². The van der Waals surface area contributed by atoms with Crippen LogP contribution in [0.4, 0.5) is 0 Å². The van der Waals surface area contributed by atoms with E-state index in [1.54, 1.807) is 23.1 Å². The number of hydrogen-bond donors (Lipinski definition) is 0. The molecule has 36 heavy (non-hydrogen) atoms. The summed E-state index contributed by atoms with van der Waals surface area (Å²) in [5.41, 5.74) is 0.281. The predicted molar refractivity (Wildman–Crippen MR) is 138 cm³/mol. The van der Waals surface area contributed by atoms with Crippen molar-refractivity contribution < 1.29 is 18.8 Å². The van der Waals surface area contributed by atoms with Crippen LogP contribution in [-0.2, 0) is 11.2 Å². The molecule has 9 heteroatoms. The maximum Gasteiger partial charge on any atom is 0.292 e. The van der Waals surface area contributed by atoms with Crippen LogP contribution in [0.15, 0.2) is 34.9 Å². The van der Waals surface area contributed by atoms with E-state index in [9.17, 15) is 9.59 Å². The van der Waals surface area contributed by atoms with E-state index >= 15 is 0 Å². The fraction of sp³-hybridized carbons (Fsp3) is 0.593. The topological polar surface area (TPSA) is 79.1 Å². The van der Waals surface area contributed by atoms with Crippen molar-refractivity contribution >= 4 is 23.4 Å². The predicted octanol–water partition coefficient (Wildman–Crippen LogP) is 3.99. The Morgan fingerprint density at radius 2 is 1.92 bits per heavy atom. The second-order valence-corrected chi connectivity index (χ2v) is 11.2. The van der Waals surface area contributed by atoms with E-state index in [4.69, 9.17) is 20.9 Å². The van der Waals surface area contributed by atoms with Gasteiger partial charge in [-0.1, -0.05) is 36.7 Å². The molecule has 1 aromatic heterocycles. The summed E-state index contributed by atoms with van der Waals surface area (Å²) in [7, 11) is 2.07. The van der Waals surface area contributed by atoms with Gasteiger partial charge in [-0.25, -0.2) is 0 Å². The molecule has 2 aliphatic heterocycles. The van der Waals surface area contributed by atoms with Gasteiger partial charge in [-0.15, -0.1) is 0 Å². The van der Waals surface area contributed by atoms with Crippen molar-refractivity contribution in [3.63, 3.8) is 0 Å². The Morgan fingerprint density at radius 1 is 1.14 bits per heavy atom. The zero-order valence-electron chi connectivity index (χ0n) is 21.5. The Balaban J connectivity index is 1.50. The molecule has 2 aromatic rings. The number of ether oxygens (including phenoxy) is 1. The fourth-order valence-electron chi connectivity index (χ4n) is 5.06. The molecule has 0 unspecified atom stereocenters. The second-order valence-electron chi connectivity index (χ2n) is 10.7. The lowest BCUT2D eigenvalue weighted by molar-refractivity contribution is -0.137. The number of benzene rings is 1. The molecule has 0 spiro atoms. The van der Waals surface area contributed by atoms with Crippen molar-refractivity contribution in [2.75, 3.05) is 52.9 Å². The molecule has 0 radical (unpaired) electrons. The number of carbonyl (C=O) groups is 2. The molecule has 1 atom stereocenters. The zero-order chi connectivity index (χ0) is 25.7. The molecule has 1 aromatic carbocycles. The average molecular weight is 517 g/mol. The lowest BCUT2D eigenvalue weighted by atomic mass is 9.77. The Bertz CT molecular complexity index is 1050. The molecule has 4 rings (SSSR count). The van der Waals surface area contributed by atoms with Gasteiger partial charge in [0.2, 0.25) is 11.7 Å². The lowest BCUT2D eigenvalue weighted by Gasteiger charge is -2.43. The van der Waals surface area contributed by atoms with Gasteiger partial charge >= 0.3 is 0 Å². The van der Waals surface area contributed by atoms with Crippen LogP contribution in [0, 0.1) is 11.3 Å². The van der Waals surface area contributed by atoms with Crippen LogP contribution in [0.1, 0.15) is 49.4 Å². The van der Waals surface area contributed by atoms with E-state index < -0.39 is 5.41 Å². The highest BCUT2D eigenvalue weighted by molar-refractivity contribution is 6.30. The van der Waals surface area contributed by atoms with E-state index in [0.717, 1.165) is 51.1 Å². The molecule has 0 N–H and O–H groups in total. The maximum atomic E-state index is 13.4.